The Kier molecular flexibility index (Phi) is 37.3. The van der Waals surface area contributed by atoms with Crippen molar-refractivity contribution in [2.75, 3.05) is 0 Å². The monoisotopic (exact) mass is 1040 g/mol. The molecule has 0 amide bonds. The van der Waals surface area contributed by atoms with Crippen LogP contribution in [0.1, 0.15) is 22.3 Å². The molecule has 272 valence electrons. The van der Waals surface area contributed by atoms with E-state index in [-0.39, 0.29) is 55.2 Å². The van der Waals surface area contributed by atoms with Crippen molar-refractivity contribution in [2.45, 2.75) is 0 Å². The van der Waals surface area contributed by atoms with Gasteiger partial charge in [-0.2, -0.15) is 0 Å². The number of hydrogen-bond donors (Lipinski definition) is 0. The molecule has 2 saturated heterocycles. The van der Waals surface area contributed by atoms with Crippen molar-refractivity contribution >= 4 is 34.3 Å². The van der Waals surface area contributed by atoms with Crippen molar-refractivity contribution in [3.63, 3.8) is 0 Å². The first kappa shape index (κ1) is 56.4. The molecule has 0 aromatic heterocycles. The van der Waals surface area contributed by atoms with Crippen molar-refractivity contribution in [1.29, 1.82) is 0 Å². The first-order valence-corrected chi connectivity index (χ1v) is 18.9. The van der Waals surface area contributed by atoms with E-state index >= 15 is 0 Å². The molecule has 20 radical (unpaired) electrons. The summed E-state index contributed by atoms with van der Waals surface area (Å²) in [4.78, 5) is 0. The van der Waals surface area contributed by atoms with Crippen LogP contribution < -0.4 is 0 Å². The average molecular weight is 1040 g/mol. The zero-order chi connectivity index (χ0) is 37.8. The van der Waals surface area contributed by atoms with E-state index in [4.69, 9.17) is 18.6 Å². The molecule has 2 heterocycles. The maximum Gasteiger partial charge on any atom is 0.0512 e. The fourth-order valence-corrected chi connectivity index (χ4v) is 11.4. The van der Waals surface area contributed by atoms with E-state index in [1.54, 1.807) is 0 Å². The smallest absolute Gasteiger partial charge is 0.0512 e. The van der Waals surface area contributed by atoms with Gasteiger partial charge in [-0.1, -0.05) is 156 Å². The summed E-state index contributed by atoms with van der Waals surface area (Å²) in [6.07, 6.45) is 20.0. The summed E-state index contributed by atoms with van der Waals surface area (Å²) in [6, 6.07) is 43.6. The van der Waals surface area contributed by atoms with Crippen LogP contribution in [-0.2, 0) is 73.8 Å². The predicted octanol–water partition coefficient (Wildman–Crippen LogP) is 12.0. The fourth-order valence-electron chi connectivity index (χ4n) is 4.72. The van der Waals surface area contributed by atoms with Crippen molar-refractivity contribution in [1.82, 2.24) is 0 Å². The fraction of sp³-hybridized carbons (Fsp3) is 0. The standard InChI is InChI=1S/C30H20P4.2C5H5.4CO.2Fe.W/c1-5-13-21(14-6-1)25-26(22-15-7-2-8-16-22)32-29(31-25)30-33-27(23-17-9-3-10-18-23)28(34-30)24-19-11-4-12-20-24;2*1-2-4-5-3-1;4*1-2;;;/h1-20H;2*1-5H;;;;;;;. The zero-order valence-corrected chi connectivity index (χ0v) is 37.6. The van der Waals surface area contributed by atoms with Crippen LogP contribution >= 0.6 is 34.3 Å². The first-order valence-electron chi connectivity index (χ1n) is 15.3. The van der Waals surface area contributed by atoms with Crippen molar-refractivity contribution in [3.05, 3.63) is 268 Å². The van der Waals surface area contributed by atoms with Crippen LogP contribution in [0.25, 0.3) is 0 Å². The number of hydrogen-bond acceptors (Lipinski definition) is 0. The van der Waals surface area contributed by atoms with Gasteiger partial charge in [-0.05, 0) is 86.5 Å². The number of rotatable bonds is 5. The van der Waals surface area contributed by atoms with Crippen LogP contribution in [0.15, 0.2) is 121 Å². The molecule has 0 bridgehead atoms. The molecule has 0 atom stereocenters. The average Bonchev–Trinajstić information content (AvgIpc) is 4.11. The molecular weight excluding hydrogens is 1010 g/mol. The predicted molar refractivity (Wildman–Crippen MR) is 208 cm³/mol. The van der Waals surface area contributed by atoms with Crippen molar-refractivity contribution in [3.8, 4) is 0 Å². The van der Waals surface area contributed by atoms with E-state index in [1.165, 1.54) is 90.0 Å². The van der Waals surface area contributed by atoms with Crippen molar-refractivity contribution in [2.24, 2.45) is 0 Å². The molecule has 2 aliphatic heterocycles. The van der Waals surface area contributed by atoms with E-state index in [0.717, 1.165) is 0 Å². The Morgan fingerprint density at radius 3 is 0.564 bits per heavy atom. The Balaban J connectivity index is 0. The molecule has 0 spiro atoms. The maximum absolute atomic E-state index is 7.50. The Bertz CT molecular complexity index is 1320. The van der Waals surface area contributed by atoms with Gasteiger partial charge in [0.15, 0.2) is 0 Å². The molecule has 8 rings (SSSR count). The molecule has 55 heavy (non-hydrogen) atoms. The summed E-state index contributed by atoms with van der Waals surface area (Å²) in [7, 11) is 5.35. The SMILES string of the molecule is [C-]#[O+].[C-]#[O+].[C-]#[O+].[C-]#[O+].[CH]1[CH][CH][CH][CH]1.[CH]1[CH][CH][CH][CH]1.[Fe].[Fe].[W].c1ccc([C]2[P][C]([C]3[P][C](c4ccccc4)[C](c4ccccc4)[P]3)[P][C]2c2ccccc2)cc1. The molecule has 4 fully saturated rings. The maximum atomic E-state index is 7.50. The minimum Gasteiger partial charge on any atom is -0.0622 e. The summed E-state index contributed by atoms with van der Waals surface area (Å²) in [6.45, 7) is 18.0. The molecular formula is C44H30Fe2O4P4W. The minimum atomic E-state index is 0. The van der Waals surface area contributed by atoms with Gasteiger partial charge in [-0.25, -0.2) is 0 Å². The van der Waals surface area contributed by atoms with Gasteiger partial charge < -0.3 is 0 Å². The molecule has 11 heteroatoms. The third-order valence-corrected chi connectivity index (χ3v) is 13.6. The summed E-state index contributed by atoms with van der Waals surface area (Å²) in [5, 5.41) is 3.06. The quantitative estimate of drug-likeness (QED) is 0.0826. The summed E-state index contributed by atoms with van der Waals surface area (Å²) >= 11 is 0. The van der Waals surface area contributed by atoms with Crippen LogP contribution in [0.2, 0.25) is 0 Å². The van der Waals surface area contributed by atoms with Crippen LogP contribution in [0.4, 0.5) is 0 Å². The van der Waals surface area contributed by atoms with Gasteiger partial charge in [0, 0.05) is 55.2 Å². The zero-order valence-electron chi connectivity index (χ0n) is 28.9. The van der Waals surface area contributed by atoms with Gasteiger partial charge in [-0.15, -0.1) is 0 Å². The molecule has 4 aromatic carbocycles. The normalized spacial score (nSPS) is 18.1. The molecule has 0 N–H and O–H groups in total. The third kappa shape index (κ3) is 19.3. The van der Waals surface area contributed by atoms with Gasteiger partial charge in [0.1, 0.15) is 0 Å². The van der Waals surface area contributed by atoms with E-state index in [2.05, 4.69) is 148 Å². The van der Waals surface area contributed by atoms with Gasteiger partial charge in [-0.3, -0.25) is 0 Å². The second-order valence-corrected chi connectivity index (χ2v) is 15.1. The van der Waals surface area contributed by atoms with Crippen LogP contribution in [0.3, 0.4) is 0 Å². The minimum absolute atomic E-state index is 0. The first-order chi connectivity index (χ1) is 25.9. The largest absolute Gasteiger partial charge is 0.0622 e. The Hall–Kier alpha value is -0.713. The molecule has 4 aliphatic rings. The van der Waals surface area contributed by atoms with Gasteiger partial charge in [0.05, 0.1) is 33.4 Å². The van der Waals surface area contributed by atoms with Crippen LogP contribution in [-0.4, -0.2) is 0 Å². The summed E-state index contributed by atoms with van der Waals surface area (Å²) in [5.74, 6) is 0. The van der Waals surface area contributed by atoms with E-state index < -0.39 is 0 Å². The summed E-state index contributed by atoms with van der Waals surface area (Å²) < 4.78 is 30.0. The van der Waals surface area contributed by atoms with Gasteiger partial charge in [0.2, 0.25) is 0 Å². The summed E-state index contributed by atoms with van der Waals surface area (Å²) in [5.41, 5.74) is 11.1. The Morgan fingerprint density at radius 1 is 0.273 bits per heavy atom. The topological polar surface area (TPSA) is 79.6 Å². The molecule has 0 unspecified atom stereocenters. The van der Waals surface area contributed by atoms with Crippen molar-refractivity contribution < 1.29 is 73.8 Å². The second-order valence-electron chi connectivity index (χ2n) is 9.88. The third-order valence-electron chi connectivity index (χ3n) is 6.82. The van der Waals surface area contributed by atoms with E-state index in [9.17, 15) is 0 Å². The van der Waals surface area contributed by atoms with Gasteiger partial charge >= 0.3 is 45.2 Å². The van der Waals surface area contributed by atoms with E-state index in [1.807, 2.05) is 64.2 Å². The molecule has 2 saturated carbocycles. The molecule has 4 nitrogen and oxygen atoms in total. The van der Waals surface area contributed by atoms with E-state index in [0.29, 0.717) is 0 Å². The molecule has 4 aromatic rings. The number of benzene rings is 4. The Morgan fingerprint density at radius 2 is 0.418 bits per heavy atom. The second kappa shape index (κ2) is 36.4. The van der Waals surface area contributed by atoms with Crippen LogP contribution in [0, 0.1) is 124 Å². The molecule has 2 aliphatic carbocycles. The van der Waals surface area contributed by atoms with Crippen LogP contribution in [0.5, 0.6) is 0 Å². The Labute approximate surface area is 373 Å². The van der Waals surface area contributed by atoms with Gasteiger partial charge in [0.25, 0.3) is 0 Å².